The molecule has 4 aliphatic rings. The average Bonchev–Trinajstić information content (AvgIpc) is 3.60. The summed E-state index contributed by atoms with van der Waals surface area (Å²) in [5, 5.41) is 0. The van der Waals surface area contributed by atoms with E-state index in [-0.39, 0.29) is 6.10 Å². The van der Waals surface area contributed by atoms with Gasteiger partial charge in [0.2, 0.25) is 0 Å². The summed E-state index contributed by atoms with van der Waals surface area (Å²) in [7, 11) is 4.26. The molecular formula is C58H105NO3. The van der Waals surface area contributed by atoms with Gasteiger partial charge in [0.1, 0.15) is 0 Å². The molecule has 0 aromatic rings. The van der Waals surface area contributed by atoms with Gasteiger partial charge in [0, 0.05) is 19.8 Å². The molecule has 4 nitrogen and oxygen atoms in total. The van der Waals surface area contributed by atoms with E-state index in [2.05, 4.69) is 90.9 Å². The first-order valence-electron chi connectivity index (χ1n) is 27.5. The fraction of sp³-hybridized carbons (Fsp3) is 0.897. The topological polar surface area (TPSA) is 30.9 Å². The molecule has 0 amide bonds. The molecule has 3 saturated carbocycles. The average molecular weight is 864 g/mol. The summed E-state index contributed by atoms with van der Waals surface area (Å²) < 4.78 is 18.9. The zero-order valence-corrected chi connectivity index (χ0v) is 42.7. The molecule has 4 heteroatoms. The number of ether oxygens (including phenoxy) is 3. The van der Waals surface area contributed by atoms with Gasteiger partial charge in [-0.15, -0.1) is 0 Å². The van der Waals surface area contributed by atoms with Crippen LogP contribution in [0, 0.1) is 46.3 Å². The Balaban J connectivity index is 0.987. The van der Waals surface area contributed by atoms with Crippen LogP contribution in [0.5, 0.6) is 0 Å². The van der Waals surface area contributed by atoms with E-state index in [4.69, 9.17) is 14.2 Å². The van der Waals surface area contributed by atoms with Crippen LogP contribution in [0.1, 0.15) is 228 Å². The smallest absolute Gasteiger partial charge is 0.0934 e. The first-order valence-corrected chi connectivity index (χ1v) is 27.5. The lowest BCUT2D eigenvalue weighted by Crippen LogP contribution is -2.51. The first kappa shape index (κ1) is 53.7. The maximum atomic E-state index is 6.61. The maximum absolute atomic E-state index is 6.61. The van der Waals surface area contributed by atoms with Crippen LogP contribution >= 0.6 is 0 Å². The van der Waals surface area contributed by atoms with Crippen molar-refractivity contribution < 1.29 is 14.2 Å². The van der Waals surface area contributed by atoms with Crippen LogP contribution in [0.25, 0.3) is 0 Å². The van der Waals surface area contributed by atoms with Crippen molar-refractivity contribution in [3.05, 3.63) is 36.0 Å². The molecule has 1 unspecified atom stereocenters. The van der Waals surface area contributed by atoms with Crippen molar-refractivity contribution >= 4 is 0 Å². The summed E-state index contributed by atoms with van der Waals surface area (Å²) >= 11 is 0. The van der Waals surface area contributed by atoms with Gasteiger partial charge in [-0.1, -0.05) is 161 Å². The Bertz CT molecular complexity index is 1240. The van der Waals surface area contributed by atoms with Crippen molar-refractivity contribution in [2.24, 2.45) is 46.3 Å². The largest absolute Gasteiger partial charge is 0.378 e. The molecule has 0 aliphatic heterocycles. The van der Waals surface area contributed by atoms with Crippen molar-refractivity contribution in [1.29, 1.82) is 0 Å². The van der Waals surface area contributed by atoms with E-state index >= 15 is 0 Å². The summed E-state index contributed by atoms with van der Waals surface area (Å²) in [5.74, 6) is 5.48. The third-order valence-electron chi connectivity index (χ3n) is 16.9. The van der Waals surface area contributed by atoms with Gasteiger partial charge in [-0.3, -0.25) is 0 Å². The minimum absolute atomic E-state index is 0.143. The molecule has 0 radical (unpaired) electrons. The number of hydrogen-bond donors (Lipinski definition) is 0. The number of unbranched alkanes of at least 4 members (excludes halogenated alkanes) is 15. The molecule has 9 atom stereocenters. The highest BCUT2D eigenvalue weighted by atomic mass is 16.5. The molecule has 0 aromatic heterocycles. The van der Waals surface area contributed by atoms with E-state index in [9.17, 15) is 0 Å². The van der Waals surface area contributed by atoms with Gasteiger partial charge < -0.3 is 19.1 Å². The minimum atomic E-state index is 0.143. The number of rotatable bonds is 35. The van der Waals surface area contributed by atoms with Crippen LogP contribution < -0.4 is 0 Å². The van der Waals surface area contributed by atoms with Gasteiger partial charge in [0.15, 0.2) is 0 Å². The summed E-state index contributed by atoms with van der Waals surface area (Å²) in [6.45, 7) is 19.2. The lowest BCUT2D eigenvalue weighted by Gasteiger charge is -2.58. The molecule has 0 aromatic carbocycles. The lowest BCUT2D eigenvalue weighted by molar-refractivity contribution is -0.0641. The van der Waals surface area contributed by atoms with Crippen LogP contribution in [-0.2, 0) is 14.2 Å². The highest BCUT2D eigenvalue weighted by molar-refractivity contribution is 5.25. The predicted molar refractivity (Wildman–Crippen MR) is 269 cm³/mol. The molecular weight excluding hydrogens is 759 g/mol. The van der Waals surface area contributed by atoms with E-state index < -0.39 is 0 Å². The Morgan fingerprint density at radius 2 is 1.34 bits per heavy atom. The van der Waals surface area contributed by atoms with Gasteiger partial charge >= 0.3 is 0 Å². The first-order chi connectivity index (χ1) is 30.1. The highest BCUT2D eigenvalue weighted by Gasteiger charge is 2.59. The molecule has 0 spiro atoms. The van der Waals surface area contributed by atoms with E-state index in [1.54, 1.807) is 5.57 Å². The minimum Gasteiger partial charge on any atom is -0.378 e. The fourth-order valence-electron chi connectivity index (χ4n) is 13.2. The van der Waals surface area contributed by atoms with E-state index in [1.807, 2.05) is 0 Å². The van der Waals surface area contributed by atoms with Gasteiger partial charge in [-0.2, -0.15) is 0 Å². The van der Waals surface area contributed by atoms with Crippen molar-refractivity contribution in [3.8, 4) is 0 Å². The second-order valence-electron chi connectivity index (χ2n) is 22.6. The van der Waals surface area contributed by atoms with Crippen molar-refractivity contribution in [3.63, 3.8) is 0 Å². The van der Waals surface area contributed by atoms with Crippen LogP contribution in [0.4, 0.5) is 0 Å². The Labute approximate surface area is 387 Å². The molecule has 0 heterocycles. The van der Waals surface area contributed by atoms with Crippen LogP contribution in [0.2, 0.25) is 0 Å². The van der Waals surface area contributed by atoms with Crippen LogP contribution in [0.15, 0.2) is 36.0 Å². The van der Waals surface area contributed by atoms with E-state index in [0.717, 1.165) is 68.1 Å². The van der Waals surface area contributed by atoms with Crippen molar-refractivity contribution in [2.45, 2.75) is 240 Å². The zero-order valence-electron chi connectivity index (χ0n) is 42.7. The molecule has 0 saturated heterocycles. The van der Waals surface area contributed by atoms with Crippen molar-refractivity contribution in [2.75, 3.05) is 47.1 Å². The second-order valence-corrected chi connectivity index (χ2v) is 22.6. The molecule has 62 heavy (non-hydrogen) atoms. The van der Waals surface area contributed by atoms with Crippen molar-refractivity contribution in [1.82, 2.24) is 4.90 Å². The Hall–Kier alpha value is -0.940. The third kappa shape index (κ3) is 18.4. The third-order valence-corrected chi connectivity index (χ3v) is 16.9. The number of likely N-dealkylation sites (N-methyl/N-ethyl adjacent to an activating group) is 1. The summed E-state index contributed by atoms with van der Waals surface area (Å²) in [5.41, 5.74) is 2.79. The Kier molecular flexibility index (Phi) is 26.3. The monoisotopic (exact) mass is 864 g/mol. The molecule has 4 rings (SSSR count). The van der Waals surface area contributed by atoms with E-state index in [1.165, 1.54) is 173 Å². The van der Waals surface area contributed by atoms with Gasteiger partial charge in [-0.05, 0) is 163 Å². The Morgan fingerprint density at radius 1 is 0.694 bits per heavy atom. The van der Waals surface area contributed by atoms with Gasteiger partial charge in [-0.25, -0.2) is 0 Å². The second kappa shape index (κ2) is 30.4. The fourth-order valence-corrected chi connectivity index (χ4v) is 13.2. The predicted octanol–water partition coefficient (Wildman–Crippen LogP) is 16.5. The quantitative estimate of drug-likeness (QED) is 0.0469. The van der Waals surface area contributed by atoms with Crippen LogP contribution in [-0.4, -0.2) is 64.2 Å². The number of nitrogens with zero attached hydrogens (tertiary/aromatic N) is 1. The lowest BCUT2D eigenvalue weighted by atomic mass is 9.47. The summed E-state index contributed by atoms with van der Waals surface area (Å²) in [4.78, 5) is 2.22. The summed E-state index contributed by atoms with van der Waals surface area (Å²) in [6, 6.07) is 0. The number of fused-ring (bicyclic) bond motifs is 5. The van der Waals surface area contributed by atoms with Gasteiger partial charge in [0.05, 0.1) is 25.4 Å². The molecule has 360 valence electrons. The molecule has 3 fully saturated rings. The standard InChI is InChI=1S/C58H105NO3/c1-9-10-11-12-13-14-15-16-17-18-19-20-21-22-25-28-42-60-47-52(46-59(7)8)62-44-30-27-24-23-26-29-43-61-51-38-40-57(5)50(45-51)34-35-53-55-37-36-54(49(4)33-31-32-48(2)3)58(55,6)41-39-56(53)57/h16-17,25,28,34,48-49,51-56H,9-15,18-24,26-27,29-33,35-47H2,1-8H3/b17-16-,28-25+/t49-,51?,52-,53+,54-,55+,56+,57+,58-/m1/s1. The van der Waals surface area contributed by atoms with E-state index in [0.29, 0.717) is 30.1 Å². The summed E-state index contributed by atoms with van der Waals surface area (Å²) in [6.07, 6.45) is 51.5. The van der Waals surface area contributed by atoms with Gasteiger partial charge in [0.25, 0.3) is 0 Å². The number of allylic oxidation sites excluding steroid dienone is 4. The maximum Gasteiger partial charge on any atom is 0.0934 e. The Morgan fingerprint density at radius 3 is 2.03 bits per heavy atom. The van der Waals surface area contributed by atoms with Crippen LogP contribution in [0.3, 0.4) is 0 Å². The normalized spacial score (nSPS) is 28.5. The molecule has 0 N–H and O–H groups in total. The highest BCUT2D eigenvalue weighted by Crippen LogP contribution is 2.67. The molecule has 4 aliphatic carbocycles. The number of hydrogen-bond acceptors (Lipinski definition) is 4. The zero-order chi connectivity index (χ0) is 44.5. The molecule has 0 bridgehead atoms. The SMILES string of the molecule is CCCCCCCC/C=C\CCCCC/C=C/COC[C@@H](CN(C)C)OCCCCCCCCOC1CC[C@@]2(C)C(=CC[C@H]3[C@@H]4CC[C@H]([C@H](C)CCCC(C)C)[C@@]4(C)CC[C@@H]32)C1.